The molecule has 0 aromatic heterocycles. The third-order valence-corrected chi connectivity index (χ3v) is 1.56. The summed E-state index contributed by atoms with van der Waals surface area (Å²) < 4.78 is 0. The highest BCUT2D eigenvalue weighted by molar-refractivity contribution is 5.98. The predicted octanol–water partition coefficient (Wildman–Crippen LogP) is 0.669. The summed E-state index contributed by atoms with van der Waals surface area (Å²) in [5.41, 5.74) is -1.11. The Bertz CT molecular complexity index is 413. The molecule has 0 aromatic carbocycles. The van der Waals surface area contributed by atoms with Gasteiger partial charge in [-0.15, -0.1) is 0 Å². The van der Waals surface area contributed by atoms with Gasteiger partial charge in [-0.3, -0.25) is 0 Å². The van der Waals surface area contributed by atoms with Crippen LogP contribution in [0.2, 0.25) is 0 Å². The summed E-state index contributed by atoms with van der Waals surface area (Å²) in [5.74, 6) is -4.09. The second kappa shape index (κ2) is 5.50. The largest absolute Gasteiger partial charge is 0.478 e. The van der Waals surface area contributed by atoms with Gasteiger partial charge in [0.25, 0.3) is 0 Å². The average molecular weight is 226 g/mol. The van der Waals surface area contributed by atoms with E-state index >= 15 is 0 Å². The zero-order valence-electron chi connectivity index (χ0n) is 8.43. The van der Waals surface area contributed by atoms with Gasteiger partial charge in [0.15, 0.2) is 0 Å². The zero-order chi connectivity index (χ0) is 12.9. The Kier molecular flexibility index (Phi) is 4.68. The third-order valence-electron chi connectivity index (χ3n) is 1.56. The number of aliphatic carboxylic acids is 3. The van der Waals surface area contributed by atoms with Gasteiger partial charge in [0.05, 0.1) is 11.1 Å². The van der Waals surface area contributed by atoms with Crippen LogP contribution < -0.4 is 0 Å². The van der Waals surface area contributed by atoms with E-state index in [0.717, 1.165) is 12.2 Å². The number of carboxylic acids is 3. The van der Waals surface area contributed by atoms with Crippen LogP contribution >= 0.6 is 0 Å². The fraction of sp³-hybridized carbons (Fsp3) is 0.100. The zero-order valence-corrected chi connectivity index (χ0v) is 8.43. The Labute approximate surface area is 90.8 Å². The van der Waals surface area contributed by atoms with E-state index in [1.165, 1.54) is 6.92 Å². The van der Waals surface area contributed by atoms with Gasteiger partial charge in [0, 0.05) is 5.57 Å². The highest BCUT2D eigenvalue weighted by Crippen LogP contribution is 2.07. The molecule has 0 radical (unpaired) electrons. The van der Waals surface area contributed by atoms with Crippen molar-refractivity contribution in [3.8, 4) is 0 Å². The lowest BCUT2D eigenvalue weighted by atomic mass is 10.1. The average Bonchev–Trinajstić information content (AvgIpc) is 2.15. The van der Waals surface area contributed by atoms with Crippen LogP contribution in [0.4, 0.5) is 0 Å². The molecule has 86 valence electrons. The van der Waals surface area contributed by atoms with Crippen molar-refractivity contribution >= 4 is 17.9 Å². The molecule has 0 aliphatic heterocycles. The Morgan fingerprint density at radius 3 is 1.75 bits per heavy atom. The minimum absolute atomic E-state index is 0.216. The highest BCUT2D eigenvalue weighted by Gasteiger charge is 2.10. The van der Waals surface area contributed by atoms with Crippen molar-refractivity contribution in [1.29, 1.82) is 0 Å². The highest BCUT2D eigenvalue weighted by atomic mass is 16.4. The molecule has 0 heterocycles. The van der Waals surface area contributed by atoms with Crippen LogP contribution in [-0.2, 0) is 14.4 Å². The van der Waals surface area contributed by atoms with E-state index in [4.69, 9.17) is 15.3 Å². The lowest BCUT2D eigenvalue weighted by Crippen LogP contribution is -2.05. The summed E-state index contributed by atoms with van der Waals surface area (Å²) in [5, 5.41) is 25.7. The predicted molar refractivity (Wildman–Crippen MR) is 53.9 cm³/mol. The quantitative estimate of drug-likeness (QED) is 0.469. The fourth-order valence-corrected chi connectivity index (χ4v) is 0.710. The third kappa shape index (κ3) is 4.23. The Hall–Kier alpha value is -2.37. The molecule has 0 spiro atoms. The summed E-state index contributed by atoms with van der Waals surface area (Å²) in [6.07, 6.45) is 1.65. The molecule has 0 amide bonds. The van der Waals surface area contributed by atoms with Gasteiger partial charge < -0.3 is 15.3 Å². The van der Waals surface area contributed by atoms with E-state index in [9.17, 15) is 14.4 Å². The summed E-state index contributed by atoms with van der Waals surface area (Å²) >= 11 is 0. The molecule has 0 unspecified atom stereocenters. The maximum Gasteiger partial charge on any atom is 0.335 e. The molecule has 6 heteroatoms. The van der Waals surface area contributed by atoms with Crippen LogP contribution in [0.15, 0.2) is 35.5 Å². The maximum atomic E-state index is 10.7. The second-order valence-electron chi connectivity index (χ2n) is 2.87. The second-order valence-corrected chi connectivity index (χ2v) is 2.87. The smallest absolute Gasteiger partial charge is 0.335 e. The Balaban J connectivity index is 5.27. The standard InChI is InChI=1S/C10H10O6/c1-5(8(11)12)3-7(10(15)16)4-6(2)9(13)14/h3-4H,1H2,2H3,(H,11,12)(H,13,14)(H,15,16)/b6-4+,7-3+. The minimum atomic E-state index is -1.43. The van der Waals surface area contributed by atoms with Crippen LogP contribution in [-0.4, -0.2) is 33.2 Å². The number of hydrogen-bond acceptors (Lipinski definition) is 3. The minimum Gasteiger partial charge on any atom is -0.478 e. The molecule has 0 atom stereocenters. The van der Waals surface area contributed by atoms with Gasteiger partial charge >= 0.3 is 17.9 Å². The molecule has 0 bridgehead atoms. The molecule has 0 saturated heterocycles. The molecule has 16 heavy (non-hydrogen) atoms. The molecule has 0 aliphatic rings. The Morgan fingerprint density at radius 1 is 0.938 bits per heavy atom. The lowest BCUT2D eigenvalue weighted by molar-refractivity contribution is -0.133. The summed E-state index contributed by atoms with van der Waals surface area (Å²) in [6.45, 7) is 4.31. The topological polar surface area (TPSA) is 112 Å². The molecule has 0 saturated carbocycles. The van der Waals surface area contributed by atoms with E-state index in [0.29, 0.717) is 0 Å². The molecule has 0 fully saturated rings. The number of rotatable bonds is 5. The first kappa shape index (κ1) is 13.6. The molecule has 0 aliphatic carbocycles. The van der Waals surface area contributed by atoms with Crippen LogP contribution in [0, 0.1) is 0 Å². The van der Waals surface area contributed by atoms with Gasteiger partial charge in [-0.1, -0.05) is 6.58 Å². The maximum absolute atomic E-state index is 10.7. The first-order valence-corrected chi connectivity index (χ1v) is 4.04. The van der Waals surface area contributed by atoms with Gasteiger partial charge in [0.2, 0.25) is 0 Å². The van der Waals surface area contributed by atoms with Crippen molar-refractivity contribution in [2.45, 2.75) is 6.92 Å². The Morgan fingerprint density at radius 2 is 1.44 bits per heavy atom. The van der Waals surface area contributed by atoms with E-state index in [2.05, 4.69) is 6.58 Å². The molecular weight excluding hydrogens is 216 g/mol. The van der Waals surface area contributed by atoms with Crippen molar-refractivity contribution in [2.75, 3.05) is 0 Å². The summed E-state index contributed by atoms with van der Waals surface area (Å²) in [7, 11) is 0. The van der Waals surface area contributed by atoms with Crippen molar-refractivity contribution in [3.63, 3.8) is 0 Å². The van der Waals surface area contributed by atoms with E-state index < -0.39 is 29.1 Å². The summed E-state index contributed by atoms with van der Waals surface area (Å²) in [6, 6.07) is 0. The van der Waals surface area contributed by atoms with Crippen molar-refractivity contribution < 1.29 is 29.7 Å². The molecule has 6 nitrogen and oxygen atoms in total. The summed E-state index contributed by atoms with van der Waals surface area (Å²) in [4.78, 5) is 31.5. The van der Waals surface area contributed by atoms with Crippen molar-refractivity contribution in [3.05, 3.63) is 35.5 Å². The van der Waals surface area contributed by atoms with Crippen LogP contribution in [0.25, 0.3) is 0 Å². The molecule has 0 rings (SSSR count). The van der Waals surface area contributed by atoms with Crippen LogP contribution in [0.5, 0.6) is 0 Å². The van der Waals surface area contributed by atoms with Gasteiger partial charge in [-0.2, -0.15) is 0 Å². The van der Waals surface area contributed by atoms with Crippen molar-refractivity contribution in [1.82, 2.24) is 0 Å². The van der Waals surface area contributed by atoms with Crippen LogP contribution in [0.1, 0.15) is 6.92 Å². The monoisotopic (exact) mass is 226 g/mol. The van der Waals surface area contributed by atoms with Gasteiger partial charge in [-0.05, 0) is 19.1 Å². The molecule has 0 aromatic rings. The molecular formula is C10H10O6. The molecule has 3 N–H and O–H groups in total. The van der Waals surface area contributed by atoms with E-state index in [1.54, 1.807) is 0 Å². The first-order valence-electron chi connectivity index (χ1n) is 4.04. The normalized spacial score (nSPS) is 12.1. The lowest BCUT2D eigenvalue weighted by Gasteiger charge is -1.97. The van der Waals surface area contributed by atoms with Gasteiger partial charge in [0.1, 0.15) is 0 Å². The number of carbonyl (C=O) groups is 3. The van der Waals surface area contributed by atoms with Gasteiger partial charge in [-0.25, -0.2) is 14.4 Å². The van der Waals surface area contributed by atoms with Crippen LogP contribution in [0.3, 0.4) is 0 Å². The number of hydrogen-bond donors (Lipinski definition) is 3. The first-order chi connectivity index (χ1) is 7.25. The number of carboxylic acid groups (broad SMARTS) is 3. The van der Waals surface area contributed by atoms with E-state index in [-0.39, 0.29) is 5.57 Å². The SMILES string of the molecule is C=C(/C=C(\C=C(/C)C(=O)O)C(=O)O)C(=O)O. The van der Waals surface area contributed by atoms with Crippen molar-refractivity contribution in [2.24, 2.45) is 0 Å². The fourth-order valence-electron chi connectivity index (χ4n) is 0.710. The van der Waals surface area contributed by atoms with E-state index in [1.807, 2.05) is 0 Å².